The van der Waals surface area contributed by atoms with Crippen LogP contribution in [-0.4, -0.2) is 28.1 Å². The Kier molecular flexibility index (Phi) is 6.58. The molecular weight excluding hydrogens is 440 g/mol. The lowest BCUT2D eigenvalue weighted by atomic mass is 9.83. The number of non-ortho nitro benzene ring substituents is 1. The highest BCUT2D eigenvalue weighted by molar-refractivity contribution is 6.05. The molecule has 0 bridgehead atoms. The molecule has 1 aliphatic rings. The number of nitrogens with zero attached hydrogens (tertiary/aromatic N) is 3. The van der Waals surface area contributed by atoms with Gasteiger partial charge in [-0.15, -0.1) is 0 Å². The van der Waals surface area contributed by atoms with Gasteiger partial charge in [-0.05, 0) is 23.6 Å². The van der Waals surface area contributed by atoms with Gasteiger partial charge in [-0.3, -0.25) is 30.4 Å². The first-order valence-electron chi connectivity index (χ1n) is 10.5. The molecule has 172 valence electrons. The van der Waals surface area contributed by atoms with Gasteiger partial charge in [0.15, 0.2) is 0 Å². The molecule has 0 spiro atoms. The predicted octanol–water partition coefficient (Wildman–Crippen LogP) is 4.35. The summed E-state index contributed by atoms with van der Waals surface area (Å²) < 4.78 is 5.38. The molecule has 0 saturated carbocycles. The summed E-state index contributed by atoms with van der Waals surface area (Å²) >= 11 is 0. The second-order valence-electron chi connectivity index (χ2n) is 7.72. The Morgan fingerprint density at radius 1 is 0.971 bits per heavy atom. The van der Waals surface area contributed by atoms with Crippen molar-refractivity contribution < 1.29 is 19.4 Å². The Labute approximate surface area is 194 Å². The first-order chi connectivity index (χ1) is 16.4. The summed E-state index contributed by atoms with van der Waals surface area (Å²) in [7, 11) is 0. The number of hydrogen-bond donors (Lipinski definition) is 1. The minimum absolute atomic E-state index is 0.00566. The summed E-state index contributed by atoms with van der Waals surface area (Å²) in [5.41, 5.74) is 4.00. The fourth-order valence-corrected chi connectivity index (χ4v) is 3.89. The first kappa shape index (κ1) is 22.6. The molecular formula is C24H20N4O6. The molecule has 34 heavy (non-hydrogen) atoms. The smallest absolute Gasteiger partial charge is 0.310 e. The standard InChI is InChI=1S/C24H20N4O6/c29-24-19(13-16-7-3-1-4-8-16)20(15-34-24)23(17-9-5-2-6-10-17)26-25-21-12-11-18(27(30)31)14-22(21)28(32)33/h1-12,14,19-20,25H,13,15H2/b26-23+. The SMILES string of the molecule is O=C1OCC(/C(=N/Nc2ccc([N+](=O)[O-])cc2[N+](=O)[O-])c2ccccc2)C1Cc1ccccc1. The van der Waals surface area contributed by atoms with Crippen molar-refractivity contribution >= 4 is 28.7 Å². The summed E-state index contributed by atoms with van der Waals surface area (Å²) in [6.45, 7) is 0.119. The lowest BCUT2D eigenvalue weighted by Crippen LogP contribution is -2.27. The van der Waals surface area contributed by atoms with Crippen molar-refractivity contribution in [3.63, 3.8) is 0 Å². The van der Waals surface area contributed by atoms with Crippen LogP contribution in [0.4, 0.5) is 17.1 Å². The van der Waals surface area contributed by atoms with Crippen LogP contribution in [0.15, 0.2) is 84.0 Å². The molecule has 10 nitrogen and oxygen atoms in total. The molecule has 2 atom stereocenters. The van der Waals surface area contributed by atoms with Crippen LogP contribution in [0.5, 0.6) is 0 Å². The van der Waals surface area contributed by atoms with E-state index in [0.717, 1.165) is 23.3 Å². The van der Waals surface area contributed by atoms with Gasteiger partial charge in [-0.1, -0.05) is 60.7 Å². The molecule has 0 radical (unpaired) electrons. The molecule has 1 saturated heterocycles. The number of anilines is 1. The number of hydrogen-bond acceptors (Lipinski definition) is 8. The maximum atomic E-state index is 12.6. The van der Waals surface area contributed by atoms with E-state index in [-0.39, 0.29) is 18.3 Å². The highest BCUT2D eigenvalue weighted by Crippen LogP contribution is 2.32. The summed E-state index contributed by atoms with van der Waals surface area (Å²) in [5.74, 6) is -1.23. The number of ether oxygens (including phenoxy) is 1. The first-order valence-corrected chi connectivity index (χ1v) is 10.5. The molecule has 1 aliphatic heterocycles. The minimum Gasteiger partial charge on any atom is -0.465 e. The maximum Gasteiger partial charge on any atom is 0.310 e. The van der Waals surface area contributed by atoms with Crippen LogP contribution in [0.25, 0.3) is 0 Å². The second kappa shape index (κ2) is 9.90. The Morgan fingerprint density at radius 2 is 1.65 bits per heavy atom. The molecule has 0 aromatic heterocycles. The Morgan fingerprint density at radius 3 is 2.29 bits per heavy atom. The lowest BCUT2D eigenvalue weighted by molar-refractivity contribution is -0.393. The van der Waals surface area contributed by atoms with Gasteiger partial charge in [0.25, 0.3) is 5.69 Å². The zero-order valence-corrected chi connectivity index (χ0v) is 17.9. The molecule has 2 unspecified atom stereocenters. The number of nitro benzene ring substituents is 2. The van der Waals surface area contributed by atoms with Crippen molar-refractivity contribution in [2.75, 3.05) is 12.0 Å². The topological polar surface area (TPSA) is 137 Å². The van der Waals surface area contributed by atoms with Crippen molar-refractivity contribution in [3.8, 4) is 0 Å². The van der Waals surface area contributed by atoms with E-state index in [9.17, 15) is 25.0 Å². The predicted molar refractivity (Wildman–Crippen MR) is 124 cm³/mol. The fourth-order valence-electron chi connectivity index (χ4n) is 3.89. The lowest BCUT2D eigenvalue weighted by Gasteiger charge is -2.18. The van der Waals surface area contributed by atoms with Crippen LogP contribution < -0.4 is 5.43 Å². The number of cyclic esters (lactones) is 1. The number of carbonyl (C=O) groups is 1. The Bertz CT molecular complexity index is 1250. The molecule has 0 aliphatic carbocycles. The normalized spacial score (nSPS) is 17.8. The molecule has 1 fully saturated rings. The van der Waals surface area contributed by atoms with Gasteiger partial charge in [0.05, 0.1) is 33.5 Å². The van der Waals surface area contributed by atoms with Crippen LogP contribution in [0.3, 0.4) is 0 Å². The summed E-state index contributed by atoms with van der Waals surface area (Å²) in [4.78, 5) is 33.7. The van der Waals surface area contributed by atoms with Crippen molar-refractivity contribution in [1.82, 2.24) is 0 Å². The highest BCUT2D eigenvalue weighted by atomic mass is 16.6. The fraction of sp³-hybridized carbons (Fsp3) is 0.167. The van der Waals surface area contributed by atoms with E-state index in [0.29, 0.717) is 12.1 Å². The van der Waals surface area contributed by atoms with Gasteiger partial charge in [-0.25, -0.2) is 0 Å². The molecule has 1 N–H and O–H groups in total. The molecule has 0 amide bonds. The average Bonchev–Trinajstić information content (AvgIpc) is 3.20. The third kappa shape index (κ3) is 4.90. The van der Waals surface area contributed by atoms with Crippen molar-refractivity contribution in [2.24, 2.45) is 16.9 Å². The van der Waals surface area contributed by atoms with Crippen LogP contribution in [-0.2, 0) is 16.0 Å². The molecule has 4 rings (SSSR count). The highest BCUT2D eigenvalue weighted by Gasteiger charge is 2.40. The Balaban J connectivity index is 1.71. The van der Waals surface area contributed by atoms with E-state index in [1.165, 1.54) is 6.07 Å². The van der Waals surface area contributed by atoms with E-state index in [1.807, 2.05) is 60.7 Å². The van der Waals surface area contributed by atoms with Crippen LogP contribution in [0.2, 0.25) is 0 Å². The van der Waals surface area contributed by atoms with Gasteiger partial charge in [0.2, 0.25) is 0 Å². The molecule has 3 aromatic carbocycles. The van der Waals surface area contributed by atoms with Gasteiger partial charge in [0.1, 0.15) is 12.3 Å². The molecule has 3 aromatic rings. The zero-order chi connectivity index (χ0) is 24.1. The number of esters is 1. The van der Waals surface area contributed by atoms with Crippen molar-refractivity contribution in [1.29, 1.82) is 0 Å². The summed E-state index contributed by atoms with van der Waals surface area (Å²) in [6, 6.07) is 22.0. The van der Waals surface area contributed by atoms with E-state index in [2.05, 4.69) is 10.5 Å². The quantitative estimate of drug-likeness (QED) is 0.228. The average molecular weight is 460 g/mol. The number of nitro groups is 2. The zero-order valence-electron chi connectivity index (χ0n) is 17.9. The largest absolute Gasteiger partial charge is 0.465 e. The van der Waals surface area contributed by atoms with E-state index >= 15 is 0 Å². The van der Waals surface area contributed by atoms with Gasteiger partial charge in [0, 0.05) is 6.07 Å². The number of nitrogens with one attached hydrogen (secondary N) is 1. The van der Waals surface area contributed by atoms with E-state index in [4.69, 9.17) is 4.74 Å². The molecule has 1 heterocycles. The summed E-state index contributed by atoms with van der Waals surface area (Å²) in [6.07, 6.45) is 0.452. The van der Waals surface area contributed by atoms with Crippen LogP contribution >= 0.6 is 0 Å². The van der Waals surface area contributed by atoms with Gasteiger partial charge < -0.3 is 4.74 Å². The number of benzene rings is 3. The third-order valence-corrected chi connectivity index (χ3v) is 5.60. The van der Waals surface area contributed by atoms with Gasteiger partial charge >= 0.3 is 11.7 Å². The van der Waals surface area contributed by atoms with E-state index in [1.54, 1.807) is 0 Å². The van der Waals surface area contributed by atoms with Crippen molar-refractivity contribution in [3.05, 3.63) is 110 Å². The van der Waals surface area contributed by atoms with E-state index < -0.39 is 33.1 Å². The Hall–Kier alpha value is -4.60. The number of rotatable bonds is 8. The minimum atomic E-state index is -0.715. The summed E-state index contributed by atoms with van der Waals surface area (Å²) in [5, 5.41) is 27.0. The van der Waals surface area contributed by atoms with Crippen LogP contribution in [0, 0.1) is 32.1 Å². The van der Waals surface area contributed by atoms with Crippen molar-refractivity contribution in [2.45, 2.75) is 6.42 Å². The number of hydrazone groups is 1. The van der Waals surface area contributed by atoms with Crippen LogP contribution in [0.1, 0.15) is 11.1 Å². The maximum absolute atomic E-state index is 12.6. The second-order valence-corrected chi connectivity index (χ2v) is 7.72. The third-order valence-electron chi connectivity index (χ3n) is 5.60. The molecule has 10 heteroatoms. The monoisotopic (exact) mass is 460 g/mol. The van der Waals surface area contributed by atoms with Gasteiger partial charge in [-0.2, -0.15) is 5.10 Å². The number of carbonyl (C=O) groups excluding carboxylic acids is 1.